The molecule has 1 atom stereocenters. The van der Waals surface area contributed by atoms with Gasteiger partial charge in [0.25, 0.3) is 5.56 Å². The normalized spacial score (nSPS) is 11.9. The number of halogens is 1. The lowest BCUT2D eigenvalue weighted by atomic mass is 10.1. The maximum Gasteiger partial charge on any atom is 0.267 e. The molecule has 0 saturated heterocycles. The van der Waals surface area contributed by atoms with Gasteiger partial charge in [-0.15, -0.1) is 0 Å². The van der Waals surface area contributed by atoms with Gasteiger partial charge in [-0.2, -0.15) is 5.10 Å². The summed E-state index contributed by atoms with van der Waals surface area (Å²) in [6, 6.07) is 9.14. The van der Waals surface area contributed by atoms with Crippen molar-refractivity contribution in [2.75, 3.05) is 5.32 Å². The minimum absolute atomic E-state index is 0.245. The van der Waals surface area contributed by atoms with E-state index in [9.17, 15) is 14.0 Å². The molecule has 24 heavy (non-hydrogen) atoms. The van der Waals surface area contributed by atoms with Crippen molar-refractivity contribution in [3.63, 3.8) is 0 Å². The van der Waals surface area contributed by atoms with Crippen LogP contribution in [0, 0.1) is 5.82 Å². The molecule has 8 heteroatoms. The molecule has 1 amide bonds. The summed E-state index contributed by atoms with van der Waals surface area (Å²) in [4.78, 5) is 24.2. The maximum atomic E-state index is 13.0. The van der Waals surface area contributed by atoms with Gasteiger partial charge in [0.15, 0.2) is 5.82 Å². The first-order valence-corrected chi connectivity index (χ1v) is 7.11. The van der Waals surface area contributed by atoms with Gasteiger partial charge >= 0.3 is 0 Å². The molecule has 0 aliphatic carbocycles. The number of hydrogen-bond acceptors (Lipinski definition) is 5. The zero-order valence-corrected chi connectivity index (χ0v) is 12.6. The molecule has 3 rings (SSSR count). The molecule has 0 fully saturated rings. The van der Waals surface area contributed by atoms with Crippen molar-refractivity contribution in [2.24, 2.45) is 0 Å². The Morgan fingerprint density at radius 2 is 1.96 bits per heavy atom. The molecule has 0 radical (unpaired) electrons. The minimum Gasteiger partial charge on any atom is -0.363 e. The van der Waals surface area contributed by atoms with Crippen molar-refractivity contribution in [1.29, 1.82) is 0 Å². The summed E-state index contributed by atoms with van der Waals surface area (Å²) in [6.07, 6.45) is 1.32. The monoisotopic (exact) mass is 328 g/mol. The predicted molar refractivity (Wildman–Crippen MR) is 83.7 cm³/mol. The Balaban J connectivity index is 1.89. The van der Waals surface area contributed by atoms with Crippen LogP contribution in [0.25, 0.3) is 11.3 Å². The van der Waals surface area contributed by atoms with E-state index >= 15 is 0 Å². The second-order valence-electron chi connectivity index (χ2n) is 5.06. The van der Waals surface area contributed by atoms with Gasteiger partial charge in [-0.3, -0.25) is 9.59 Å². The van der Waals surface area contributed by atoms with Crippen LogP contribution in [0.15, 0.2) is 58.0 Å². The van der Waals surface area contributed by atoms with E-state index in [-0.39, 0.29) is 11.6 Å². The van der Waals surface area contributed by atoms with E-state index in [0.717, 1.165) is 4.68 Å². The lowest BCUT2D eigenvalue weighted by Gasteiger charge is -2.14. The summed E-state index contributed by atoms with van der Waals surface area (Å²) in [6.45, 7) is 1.54. The number of amides is 1. The van der Waals surface area contributed by atoms with Gasteiger partial charge in [0.1, 0.15) is 18.1 Å². The van der Waals surface area contributed by atoms with Crippen LogP contribution in [0.5, 0.6) is 0 Å². The molecule has 0 spiro atoms. The number of carbonyl (C=O) groups is 1. The van der Waals surface area contributed by atoms with Crippen molar-refractivity contribution >= 4 is 11.7 Å². The van der Waals surface area contributed by atoms with E-state index in [4.69, 9.17) is 0 Å². The summed E-state index contributed by atoms with van der Waals surface area (Å²) >= 11 is 0. The topological polar surface area (TPSA) is 90.0 Å². The highest BCUT2D eigenvalue weighted by molar-refractivity contribution is 5.92. The van der Waals surface area contributed by atoms with Crippen LogP contribution in [-0.4, -0.2) is 20.8 Å². The Morgan fingerprint density at radius 1 is 1.21 bits per heavy atom. The minimum atomic E-state index is -0.866. The molecule has 0 aliphatic rings. The van der Waals surface area contributed by atoms with E-state index < -0.39 is 17.5 Å². The lowest BCUT2D eigenvalue weighted by molar-refractivity contribution is -0.119. The van der Waals surface area contributed by atoms with Crippen molar-refractivity contribution in [3.05, 3.63) is 64.9 Å². The van der Waals surface area contributed by atoms with Gasteiger partial charge in [-0.05, 0) is 37.3 Å². The predicted octanol–water partition coefficient (Wildman–Crippen LogP) is 2.24. The molecule has 0 saturated carbocycles. The van der Waals surface area contributed by atoms with Gasteiger partial charge in [-0.25, -0.2) is 9.07 Å². The number of carbonyl (C=O) groups excluding carboxylic acids is 1. The van der Waals surface area contributed by atoms with Crippen LogP contribution >= 0.6 is 0 Å². The quantitative estimate of drug-likeness (QED) is 0.793. The molecule has 122 valence electrons. The SMILES string of the molecule is C[C@@H](C(=O)Nc1ccon1)n1nc(-c2ccc(F)cc2)ccc1=O. The highest BCUT2D eigenvalue weighted by atomic mass is 19.1. The van der Waals surface area contributed by atoms with Crippen molar-refractivity contribution in [3.8, 4) is 11.3 Å². The Morgan fingerprint density at radius 3 is 2.62 bits per heavy atom. The fourth-order valence-corrected chi connectivity index (χ4v) is 2.10. The van der Waals surface area contributed by atoms with Gasteiger partial charge in [0, 0.05) is 17.7 Å². The first kappa shape index (κ1) is 15.6. The first-order valence-electron chi connectivity index (χ1n) is 7.11. The van der Waals surface area contributed by atoms with Crippen LogP contribution in [0.2, 0.25) is 0 Å². The first-order chi connectivity index (χ1) is 11.5. The van der Waals surface area contributed by atoms with Crippen molar-refractivity contribution < 1.29 is 13.7 Å². The molecule has 2 heterocycles. The third kappa shape index (κ3) is 3.22. The number of benzene rings is 1. The molecular formula is C16H13FN4O3. The molecular weight excluding hydrogens is 315 g/mol. The van der Waals surface area contributed by atoms with Gasteiger partial charge < -0.3 is 9.84 Å². The van der Waals surface area contributed by atoms with E-state index in [1.807, 2.05) is 0 Å². The van der Waals surface area contributed by atoms with Gasteiger partial charge in [-0.1, -0.05) is 5.16 Å². The zero-order valence-electron chi connectivity index (χ0n) is 12.6. The fraction of sp³-hybridized carbons (Fsp3) is 0.125. The molecule has 0 bridgehead atoms. The molecule has 0 unspecified atom stereocenters. The maximum absolute atomic E-state index is 13.0. The van der Waals surface area contributed by atoms with Crippen LogP contribution in [0.1, 0.15) is 13.0 Å². The van der Waals surface area contributed by atoms with Crippen LogP contribution in [0.4, 0.5) is 10.2 Å². The Labute approximate surface area is 135 Å². The number of hydrogen-bond donors (Lipinski definition) is 1. The molecule has 0 aliphatic heterocycles. The Bertz CT molecular complexity index is 904. The number of nitrogens with zero attached hydrogens (tertiary/aromatic N) is 3. The molecule has 2 aromatic heterocycles. The second kappa shape index (κ2) is 6.45. The Kier molecular flexibility index (Phi) is 4.19. The largest absolute Gasteiger partial charge is 0.363 e. The van der Waals surface area contributed by atoms with Crippen molar-refractivity contribution in [1.82, 2.24) is 14.9 Å². The third-order valence-electron chi connectivity index (χ3n) is 3.40. The summed E-state index contributed by atoms with van der Waals surface area (Å²) in [5.41, 5.74) is 0.661. The van der Waals surface area contributed by atoms with Crippen LogP contribution in [0.3, 0.4) is 0 Å². The summed E-state index contributed by atoms with van der Waals surface area (Å²) in [5.74, 6) is -0.586. The fourth-order valence-electron chi connectivity index (χ4n) is 2.10. The lowest BCUT2D eigenvalue weighted by Crippen LogP contribution is -2.33. The molecule has 1 N–H and O–H groups in total. The number of aromatic nitrogens is 3. The highest BCUT2D eigenvalue weighted by Gasteiger charge is 2.19. The second-order valence-corrected chi connectivity index (χ2v) is 5.06. The van der Waals surface area contributed by atoms with Crippen molar-refractivity contribution in [2.45, 2.75) is 13.0 Å². The highest BCUT2D eigenvalue weighted by Crippen LogP contribution is 2.17. The van der Waals surface area contributed by atoms with Crippen LogP contribution in [-0.2, 0) is 4.79 Å². The molecule has 3 aromatic rings. The average Bonchev–Trinajstić information content (AvgIpc) is 3.08. The number of rotatable bonds is 4. The van der Waals surface area contributed by atoms with E-state index in [1.54, 1.807) is 12.1 Å². The summed E-state index contributed by atoms with van der Waals surface area (Å²) < 4.78 is 18.7. The van der Waals surface area contributed by atoms with Crippen LogP contribution < -0.4 is 10.9 Å². The summed E-state index contributed by atoms with van der Waals surface area (Å²) in [5, 5.41) is 10.3. The van der Waals surface area contributed by atoms with Gasteiger partial charge in [0.2, 0.25) is 5.91 Å². The number of anilines is 1. The van der Waals surface area contributed by atoms with E-state index in [1.165, 1.54) is 43.5 Å². The third-order valence-corrected chi connectivity index (χ3v) is 3.40. The molecule has 7 nitrogen and oxygen atoms in total. The standard InChI is InChI=1S/C16H13FN4O3/c1-10(16(23)18-14-8-9-24-20-14)21-15(22)7-6-13(19-21)11-2-4-12(17)5-3-11/h2-10H,1H3,(H,18,20,23)/t10-/m0/s1. The van der Waals surface area contributed by atoms with Gasteiger partial charge in [0.05, 0.1) is 5.69 Å². The smallest absolute Gasteiger partial charge is 0.267 e. The summed E-state index contributed by atoms with van der Waals surface area (Å²) in [7, 11) is 0. The van der Waals surface area contributed by atoms with E-state index in [0.29, 0.717) is 11.3 Å². The molecule has 1 aromatic carbocycles. The van der Waals surface area contributed by atoms with E-state index in [2.05, 4.69) is 20.1 Å². The average molecular weight is 328 g/mol. The Hall–Kier alpha value is -3.29. The zero-order chi connectivity index (χ0) is 17.1. The number of nitrogens with one attached hydrogen (secondary N) is 1.